The minimum absolute atomic E-state index is 0.127. The molecule has 0 aliphatic carbocycles. The molecular weight excluding hydrogens is 458 g/mol. The van der Waals surface area contributed by atoms with Gasteiger partial charge in [0.25, 0.3) is 0 Å². The first-order valence-electron chi connectivity index (χ1n) is 11.0. The van der Waals surface area contributed by atoms with Crippen molar-refractivity contribution in [3.05, 3.63) is 54.1 Å². The number of likely N-dealkylation sites (N-methyl/N-ethyl adjacent to an activating group) is 1. The van der Waals surface area contributed by atoms with E-state index in [2.05, 4.69) is 5.32 Å². The van der Waals surface area contributed by atoms with Crippen LogP contribution in [0.25, 0.3) is 0 Å². The topological polar surface area (TPSA) is 105 Å². The molecule has 2 aromatic carbocycles. The molecule has 0 saturated heterocycles. The Morgan fingerprint density at radius 2 is 1.65 bits per heavy atom. The minimum atomic E-state index is -3.84. The van der Waals surface area contributed by atoms with Gasteiger partial charge in [0.2, 0.25) is 21.8 Å². The lowest BCUT2D eigenvalue weighted by atomic mass is 10.1. The van der Waals surface area contributed by atoms with E-state index in [1.54, 1.807) is 62.6 Å². The van der Waals surface area contributed by atoms with Gasteiger partial charge in [-0.3, -0.25) is 13.9 Å². The van der Waals surface area contributed by atoms with Crippen molar-refractivity contribution in [2.24, 2.45) is 0 Å². The lowest BCUT2D eigenvalue weighted by Crippen LogP contribution is -2.52. The number of para-hydroxylation sites is 2. The summed E-state index contributed by atoms with van der Waals surface area (Å²) in [7, 11) is -0.845. The van der Waals surface area contributed by atoms with E-state index in [1.165, 1.54) is 12.0 Å². The van der Waals surface area contributed by atoms with E-state index in [0.29, 0.717) is 24.5 Å². The highest BCUT2D eigenvalue weighted by molar-refractivity contribution is 7.92. The van der Waals surface area contributed by atoms with E-state index in [4.69, 9.17) is 9.47 Å². The normalized spacial score (nSPS) is 11.9. The number of anilines is 1. The highest BCUT2D eigenvalue weighted by Gasteiger charge is 2.32. The van der Waals surface area contributed by atoms with E-state index >= 15 is 0 Å². The largest absolute Gasteiger partial charge is 0.497 e. The first-order chi connectivity index (χ1) is 16.2. The average molecular weight is 492 g/mol. The zero-order valence-electron chi connectivity index (χ0n) is 20.3. The van der Waals surface area contributed by atoms with Crippen LogP contribution in [0.15, 0.2) is 48.5 Å². The van der Waals surface area contributed by atoms with Crippen LogP contribution in [0.3, 0.4) is 0 Å². The van der Waals surface area contributed by atoms with Crippen molar-refractivity contribution in [2.75, 3.05) is 37.9 Å². The Hall–Kier alpha value is -3.27. The van der Waals surface area contributed by atoms with Gasteiger partial charge in [-0.25, -0.2) is 8.42 Å². The Balaban J connectivity index is 2.45. The Morgan fingerprint density at radius 3 is 2.18 bits per heavy atom. The number of hydrogen-bond donors (Lipinski definition) is 1. The molecule has 0 aromatic heterocycles. The summed E-state index contributed by atoms with van der Waals surface area (Å²) in [4.78, 5) is 27.8. The summed E-state index contributed by atoms with van der Waals surface area (Å²) in [6.07, 6.45) is 1.39. The molecule has 2 aromatic rings. The third-order valence-corrected chi connectivity index (χ3v) is 6.41. The number of sulfonamides is 1. The van der Waals surface area contributed by atoms with Crippen LogP contribution < -0.4 is 19.1 Å². The molecule has 0 bridgehead atoms. The summed E-state index contributed by atoms with van der Waals surface area (Å²) in [5, 5.41) is 2.76. The predicted molar refractivity (Wildman–Crippen MR) is 131 cm³/mol. The number of ether oxygens (including phenoxy) is 2. The molecule has 10 heteroatoms. The Kier molecular flexibility index (Phi) is 9.73. The first kappa shape index (κ1) is 27.0. The van der Waals surface area contributed by atoms with Crippen LogP contribution in [0.1, 0.15) is 25.8 Å². The van der Waals surface area contributed by atoms with Gasteiger partial charge in [0.05, 0.1) is 26.2 Å². The minimum Gasteiger partial charge on any atom is -0.497 e. The molecule has 34 heavy (non-hydrogen) atoms. The number of benzene rings is 2. The smallest absolute Gasteiger partial charge is 0.244 e. The second-order valence-corrected chi connectivity index (χ2v) is 9.54. The third-order valence-electron chi connectivity index (χ3n) is 5.28. The first-order valence-corrected chi connectivity index (χ1v) is 12.8. The zero-order chi connectivity index (χ0) is 25.3. The predicted octanol–water partition coefficient (Wildman–Crippen LogP) is 2.41. The van der Waals surface area contributed by atoms with Crippen molar-refractivity contribution < 1.29 is 27.5 Å². The van der Waals surface area contributed by atoms with Crippen molar-refractivity contribution in [2.45, 2.75) is 32.9 Å². The fraction of sp³-hybridized carbons (Fsp3) is 0.417. The molecule has 0 spiro atoms. The van der Waals surface area contributed by atoms with Crippen LogP contribution in [-0.2, 0) is 26.2 Å². The Morgan fingerprint density at radius 1 is 1.00 bits per heavy atom. The van der Waals surface area contributed by atoms with Crippen molar-refractivity contribution in [3.63, 3.8) is 0 Å². The van der Waals surface area contributed by atoms with Gasteiger partial charge in [-0.05, 0) is 43.2 Å². The number of nitrogens with one attached hydrogen (secondary N) is 1. The second kappa shape index (κ2) is 12.3. The van der Waals surface area contributed by atoms with Gasteiger partial charge in [-0.15, -0.1) is 0 Å². The number of hydrogen-bond acceptors (Lipinski definition) is 6. The molecular formula is C24H33N3O6S. The molecule has 0 radical (unpaired) electrons. The second-order valence-electron chi connectivity index (χ2n) is 7.63. The van der Waals surface area contributed by atoms with Crippen LogP contribution in [-0.4, -0.2) is 64.7 Å². The number of carbonyl (C=O) groups excluding carboxylic acids is 2. The molecule has 0 aliphatic rings. The van der Waals surface area contributed by atoms with Gasteiger partial charge in [-0.2, -0.15) is 0 Å². The number of rotatable bonds is 12. The number of amides is 2. The molecule has 0 unspecified atom stereocenters. The summed E-state index contributed by atoms with van der Waals surface area (Å²) in [5.74, 6) is 0.176. The van der Waals surface area contributed by atoms with E-state index in [-0.39, 0.29) is 18.1 Å². The van der Waals surface area contributed by atoms with Gasteiger partial charge in [0.15, 0.2) is 0 Å². The molecule has 0 aliphatic heterocycles. The van der Waals surface area contributed by atoms with Crippen molar-refractivity contribution in [3.8, 4) is 11.5 Å². The van der Waals surface area contributed by atoms with E-state index in [9.17, 15) is 18.0 Å². The molecule has 0 heterocycles. The monoisotopic (exact) mass is 491 g/mol. The van der Waals surface area contributed by atoms with Crippen molar-refractivity contribution >= 4 is 27.5 Å². The summed E-state index contributed by atoms with van der Waals surface area (Å²) in [6, 6.07) is 12.9. The zero-order valence-corrected chi connectivity index (χ0v) is 21.1. The number of methoxy groups -OCH3 is 2. The maximum Gasteiger partial charge on any atom is 0.244 e. The fourth-order valence-electron chi connectivity index (χ4n) is 3.57. The molecule has 0 fully saturated rings. The van der Waals surface area contributed by atoms with Crippen LogP contribution in [0.2, 0.25) is 0 Å². The van der Waals surface area contributed by atoms with Gasteiger partial charge in [0.1, 0.15) is 24.1 Å². The molecule has 2 rings (SSSR count). The number of nitrogens with zero attached hydrogens (tertiary/aromatic N) is 2. The van der Waals surface area contributed by atoms with Crippen molar-refractivity contribution in [1.29, 1.82) is 0 Å². The molecule has 1 N–H and O–H groups in total. The summed E-state index contributed by atoms with van der Waals surface area (Å²) < 4.78 is 36.8. The van der Waals surface area contributed by atoms with Crippen LogP contribution in [0.5, 0.6) is 11.5 Å². The maximum absolute atomic E-state index is 13.6. The standard InChI is InChI=1S/C24H33N3O6S/c1-6-20(24(29)25-7-2)26(16-18-12-14-19(32-3)15-13-18)23(28)17-27(34(5,30)31)21-10-8-9-11-22(21)33-4/h8-15,20H,6-7,16-17H2,1-5H3,(H,25,29)/t20-/m0/s1. The Bertz CT molecular complexity index is 1070. The maximum atomic E-state index is 13.6. The van der Waals surface area contributed by atoms with Gasteiger partial charge in [0, 0.05) is 13.1 Å². The molecule has 9 nitrogen and oxygen atoms in total. The fourth-order valence-corrected chi connectivity index (χ4v) is 4.42. The molecule has 2 amide bonds. The Labute approximate surface area is 201 Å². The van der Waals surface area contributed by atoms with Gasteiger partial charge < -0.3 is 19.7 Å². The number of carbonyl (C=O) groups is 2. The summed E-state index contributed by atoms with van der Waals surface area (Å²) >= 11 is 0. The van der Waals surface area contributed by atoms with Crippen molar-refractivity contribution in [1.82, 2.24) is 10.2 Å². The van der Waals surface area contributed by atoms with Crippen LogP contribution in [0.4, 0.5) is 5.69 Å². The van der Waals surface area contributed by atoms with Gasteiger partial charge >= 0.3 is 0 Å². The summed E-state index contributed by atoms with van der Waals surface area (Å²) in [6.45, 7) is 3.67. The lowest BCUT2D eigenvalue weighted by molar-refractivity contribution is -0.140. The summed E-state index contributed by atoms with van der Waals surface area (Å²) in [5.41, 5.74) is 1.02. The van der Waals surface area contributed by atoms with E-state index in [1.807, 2.05) is 6.92 Å². The quantitative estimate of drug-likeness (QED) is 0.489. The molecule has 0 saturated carbocycles. The highest BCUT2D eigenvalue weighted by atomic mass is 32.2. The lowest BCUT2D eigenvalue weighted by Gasteiger charge is -2.33. The van der Waals surface area contributed by atoms with Crippen LogP contribution >= 0.6 is 0 Å². The van der Waals surface area contributed by atoms with Crippen LogP contribution in [0, 0.1) is 0 Å². The third kappa shape index (κ3) is 6.86. The van der Waals surface area contributed by atoms with E-state index in [0.717, 1.165) is 16.1 Å². The van der Waals surface area contributed by atoms with Gasteiger partial charge in [-0.1, -0.05) is 31.2 Å². The molecule has 1 atom stereocenters. The highest BCUT2D eigenvalue weighted by Crippen LogP contribution is 2.29. The molecule has 186 valence electrons. The van der Waals surface area contributed by atoms with E-state index < -0.39 is 28.5 Å². The average Bonchev–Trinajstić information content (AvgIpc) is 2.82. The SMILES string of the molecule is CCNC(=O)[C@H](CC)N(Cc1ccc(OC)cc1)C(=O)CN(c1ccccc1OC)S(C)(=O)=O.